The maximum Gasteiger partial charge on any atom is 0 e. The zero-order valence-corrected chi connectivity index (χ0v) is 9.29. The predicted molar refractivity (Wildman–Crippen MR) is 5.75 cm³/mol. The van der Waals surface area contributed by atoms with E-state index in [1.165, 1.54) is 0 Å². The Labute approximate surface area is 89.6 Å². The summed E-state index contributed by atoms with van der Waals surface area (Å²) in [6.07, 6.45) is 0. The molecular weight excluding hydrogens is 225 g/mol. The van der Waals surface area contributed by atoms with Crippen LogP contribution in [0.25, 0.3) is 0 Å². The van der Waals surface area contributed by atoms with Gasteiger partial charge in [0, 0.05) is 91.4 Å². The van der Waals surface area contributed by atoms with Crippen LogP contribution in [0.15, 0.2) is 0 Å². The Morgan fingerprint density at radius 1 is 1.00 bits per heavy atom. The second kappa shape index (κ2) is 16.8. The average molecular weight is 225 g/mol. The van der Waals surface area contributed by atoms with E-state index in [-0.39, 0.29) is 91.4 Å². The molecule has 0 aromatic rings. The normalized spacial score (nSPS) is 0. The molecule has 0 bridgehead atoms. The Hall–Kier alpha value is 2.92. The van der Waals surface area contributed by atoms with Gasteiger partial charge in [-0.25, -0.2) is 0 Å². The SMILES string of the molecule is [Ca].[Cu].[Fe].[Zn]. The third kappa shape index (κ3) is 8.87. The van der Waals surface area contributed by atoms with Gasteiger partial charge in [-0.3, -0.25) is 0 Å². The first-order valence-corrected chi connectivity index (χ1v) is 0. The van der Waals surface area contributed by atoms with Gasteiger partial charge in [-0.2, -0.15) is 0 Å². The van der Waals surface area contributed by atoms with E-state index < -0.39 is 0 Å². The van der Waals surface area contributed by atoms with Crippen molar-refractivity contribution in [3.05, 3.63) is 0 Å². The Bertz CT molecular complexity index is 8.00. The summed E-state index contributed by atoms with van der Waals surface area (Å²) in [4.78, 5) is 0. The molecule has 4 heteroatoms. The van der Waals surface area contributed by atoms with Crippen LogP contribution in [0.3, 0.4) is 0 Å². The summed E-state index contributed by atoms with van der Waals surface area (Å²) in [6.45, 7) is 0. The molecule has 0 saturated carbocycles. The van der Waals surface area contributed by atoms with Crippen molar-refractivity contribution in [3.8, 4) is 0 Å². The number of hydrogen-bond donors (Lipinski definition) is 0. The molecule has 0 aliphatic rings. The first-order valence-electron chi connectivity index (χ1n) is 0. The molecule has 0 amide bonds. The molecule has 0 nitrogen and oxygen atoms in total. The van der Waals surface area contributed by atoms with E-state index in [0.717, 1.165) is 0 Å². The fraction of sp³-hybridized carbons (Fsp3) is 0. The summed E-state index contributed by atoms with van der Waals surface area (Å²) >= 11 is 0. The largest absolute Gasteiger partial charge is 0 e. The zero-order chi connectivity index (χ0) is 0. The topological polar surface area (TPSA) is 0 Å². The third-order valence-electron chi connectivity index (χ3n) is 0. The molecule has 0 unspecified atom stereocenters. The Morgan fingerprint density at radius 2 is 1.00 bits per heavy atom. The van der Waals surface area contributed by atoms with E-state index in [1.54, 1.807) is 0 Å². The summed E-state index contributed by atoms with van der Waals surface area (Å²) in [5.41, 5.74) is 0. The maximum absolute atomic E-state index is 0. The van der Waals surface area contributed by atoms with Crippen molar-refractivity contribution in [3.63, 3.8) is 0 Å². The van der Waals surface area contributed by atoms with Crippen LogP contribution in [-0.2, 0) is 53.6 Å². The van der Waals surface area contributed by atoms with Crippen LogP contribution in [0.4, 0.5) is 0 Å². The molecule has 3 radical (unpaired) electrons. The van der Waals surface area contributed by atoms with Crippen molar-refractivity contribution in [2.75, 3.05) is 0 Å². The molecule has 0 fully saturated rings. The van der Waals surface area contributed by atoms with Crippen molar-refractivity contribution >= 4 is 37.7 Å². The van der Waals surface area contributed by atoms with E-state index >= 15 is 0 Å². The smallest absolute Gasteiger partial charge is 0 e. The van der Waals surface area contributed by atoms with Gasteiger partial charge in [-0.05, 0) is 0 Å². The average Bonchev–Trinajstić information content (AvgIpc) is 0. The second-order valence-electron chi connectivity index (χ2n) is 0. The molecule has 0 rings (SSSR count). The van der Waals surface area contributed by atoms with Crippen LogP contribution >= 0.6 is 0 Å². The van der Waals surface area contributed by atoms with Crippen LogP contribution in [-0.4, -0.2) is 37.7 Å². The molecule has 0 atom stereocenters. The summed E-state index contributed by atoms with van der Waals surface area (Å²) in [6, 6.07) is 0. The van der Waals surface area contributed by atoms with Gasteiger partial charge in [0.1, 0.15) is 0 Å². The van der Waals surface area contributed by atoms with E-state index in [9.17, 15) is 0 Å². The van der Waals surface area contributed by atoms with Gasteiger partial charge in [-0.15, -0.1) is 0 Å². The molecule has 0 saturated heterocycles. The molecule has 0 aliphatic carbocycles. The third-order valence-corrected chi connectivity index (χ3v) is 0. The van der Waals surface area contributed by atoms with E-state index in [4.69, 9.17) is 0 Å². The first kappa shape index (κ1) is 28.4. The monoisotopic (exact) mass is 223 g/mol. The number of hydrogen-bond acceptors (Lipinski definition) is 0. The number of rotatable bonds is 0. The summed E-state index contributed by atoms with van der Waals surface area (Å²) < 4.78 is 0. The molecule has 0 aromatic heterocycles. The van der Waals surface area contributed by atoms with E-state index in [1.807, 2.05) is 0 Å². The first-order chi connectivity index (χ1) is 0. The van der Waals surface area contributed by atoms with Crippen molar-refractivity contribution in [1.29, 1.82) is 0 Å². The van der Waals surface area contributed by atoms with Crippen LogP contribution in [0.2, 0.25) is 0 Å². The molecule has 0 heterocycles. The summed E-state index contributed by atoms with van der Waals surface area (Å²) in [7, 11) is 0. The minimum atomic E-state index is 0. The van der Waals surface area contributed by atoms with Crippen LogP contribution in [0.1, 0.15) is 0 Å². The molecule has 23 valence electrons. The zero-order valence-electron chi connectivity index (χ0n) is 2.07. The minimum Gasteiger partial charge on any atom is 0 e. The van der Waals surface area contributed by atoms with E-state index in [0.29, 0.717) is 0 Å². The summed E-state index contributed by atoms with van der Waals surface area (Å²) in [5, 5.41) is 0. The van der Waals surface area contributed by atoms with Gasteiger partial charge < -0.3 is 0 Å². The van der Waals surface area contributed by atoms with Crippen LogP contribution < -0.4 is 0 Å². The quantitative estimate of drug-likeness (QED) is 0.492. The van der Waals surface area contributed by atoms with Gasteiger partial charge in [0.25, 0.3) is 0 Å². The maximum atomic E-state index is 0. The Kier molecular flexibility index (Phi) is 119. The van der Waals surface area contributed by atoms with Crippen molar-refractivity contribution in [1.82, 2.24) is 0 Å². The van der Waals surface area contributed by atoms with E-state index in [2.05, 4.69) is 0 Å². The van der Waals surface area contributed by atoms with Crippen molar-refractivity contribution in [2.45, 2.75) is 0 Å². The second-order valence-corrected chi connectivity index (χ2v) is 0. The standard InChI is InChI=1S/Ca.Cu.Fe.Zn. The fourth-order valence-corrected chi connectivity index (χ4v) is 0. The van der Waals surface area contributed by atoms with Gasteiger partial charge in [0.2, 0.25) is 0 Å². The molecule has 4 heavy (non-hydrogen) atoms. The van der Waals surface area contributed by atoms with Crippen LogP contribution in [0, 0.1) is 0 Å². The molecule has 0 aromatic carbocycles. The van der Waals surface area contributed by atoms with Crippen LogP contribution in [0.5, 0.6) is 0 Å². The minimum absolute atomic E-state index is 0. The van der Waals surface area contributed by atoms with Crippen molar-refractivity contribution < 1.29 is 53.6 Å². The predicted octanol–water partition coefficient (Wildman–Crippen LogP) is -0.388. The summed E-state index contributed by atoms with van der Waals surface area (Å²) in [5.74, 6) is 0. The van der Waals surface area contributed by atoms with Gasteiger partial charge in [0.15, 0.2) is 0 Å². The molecule has 0 spiro atoms. The molecular formula is CaCuFeZn. The Balaban J connectivity index is 0. The van der Waals surface area contributed by atoms with Gasteiger partial charge in [0.05, 0.1) is 0 Å². The molecule has 0 aliphatic heterocycles. The van der Waals surface area contributed by atoms with Gasteiger partial charge in [-0.1, -0.05) is 0 Å². The Morgan fingerprint density at radius 3 is 1.00 bits per heavy atom. The van der Waals surface area contributed by atoms with Crippen molar-refractivity contribution in [2.24, 2.45) is 0 Å². The molecule has 0 N–H and O–H groups in total. The van der Waals surface area contributed by atoms with Gasteiger partial charge >= 0.3 is 0 Å². The fourth-order valence-electron chi connectivity index (χ4n) is 0.